The van der Waals surface area contributed by atoms with Crippen LogP contribution in [0.15, 0.2) is 108 Å². The smallest absolute Gasteiger partial charge is 0.136 e. The Hall–Kier alpha value is -3.53. The Morgan fingerprint density at radius 1 is 0.558 bits per heavy atom. The molecule has 1 fully saturated rings. The summed E-state index contributed by atoms with van der Waals surface area (Å²) in [5.41, 5.74) is 2.79. The number of hydrogen-bond donors (Lipinski definition) is 0. The van der Waals surface area contributed by atoms with Crippen molar-refractivity contribution < 1.29 is 33.2 Å². The van der Waals surface area contributed by atoms with Gasteiger partial charge in [-0.15, -0.1) is 0 Å². The van der Waals surface area contributed by atoms with E-state index in [9.17, 15) is 0 Å². The quantitative estimate of drug-likeness (QED) is 0.154. The van der Waals surface area contributed by atoms with Crippen LogP contribution in [-0.2, 0) is 38.8 Å². The molecule has 43 heavy (non-hydrogen) atoms. The predicted molar refractivity (Wildman–Crippen MR) is 167 cm³/mol. The zero-order valence-corrected chi connectivity index (χ0v) is 25.5. The van der Waals surface area contributed by atoms with E-state index in [0.717, 1.165) is 38.8 Å². The number of rotatable bonds is 14. The van der Waals surface area contributed by atoms with E-state index in [-0.39, 0.29) is 11.5 Å². The summed E-state index contributed by atoms with van der Waals surface area (Å²) in [6.45, 7) is 1.55. The van der Waals surface area contributed by atoms with Gasteiger partial charge >= 0.3 is 0 Å². The molecule has 1 aliphatic rings. The van der Waals surface area contributed by atoms with E-state index in [1.807, 2.05) is 91.0 Å². The third kappa shape index (κ3) is 8.75. The topological polar surface area (TPSA) is 64.6 Å². The maximum Gasteiger partial charge on any atom is 0.136 e. The predicted octanol–water partition coefficient (Wildman–Crippen LogP) is 6.92. The second-order valence-electron chi connectivity index (χ2n) is 10.1. The van der Waals surface area contributed by atoms with E-state index in [1.165, 1.54) is 0 Å². The molecule has 4 aromatic carbocycles. The molecular formula is C35H38O7S. The van der Waals surface area contributed by atoms with Gasteiger partial charge in [-0.25, -0.2) is 0 Å². The third-order valence-corrected chi connectivity index (χ3v) is 8.39. The van der Waals surface area contributed by atoms with Gasteiger partial charge in [0.2, 0.25) is 0 Å². The summed E-state index contributed by atoms with van der Waals surface area (Å²) in [6.07, 6.45) is -1.16. The monoisotopic (exact) mass is 602 g/mol. The summed E-state index contributed by atoms with van der Waals surface area (Å²) in [5, 5.41) is 0. The van der Waals surface area contributed by atoms with Crippen molar-refractivity contribution in [2.24, 2.45) is 0 Å². The van der Waals surface area contributed by atoms with Crippen molar-refractivity contribution in [1.29, 1.82) is 0 Å². The largest absolute Gasteiger partial charge is 0.497 e. The Bertz CT molecular complexity index is 1360. The molecule has 0 radical (unpaired) electrons. The molecule has 1 heterocycles. The molecule has 226 valence electrons. The average Bonchev–Trinajstić information content (AvgIpc) is 3.07. The maximum atomic E-state index is 6.66. The zero-order valence-electron chi connectivity index (χ0n) is 24.7. The number of thioether (sulfide) groups is 1. The van der Waals surface area contributed by atoms with Gasteiger partial charge in [0.1, 0.15) is 41.0 Å². The van der Waals surface area contributed by atoms with Crippen molar-refractivity contribution in [3.8, 4) is 17.2 Å². The minimum Gasteiger partial charge on any atom is -0.497 e. The highest BCUT2D eigenvalue weighted by Gasteiger charge is 2.43. The van der Waals surface area contributed by atoms with E-state index >= 15 is 0 Å². The Labute approximate surface area is 258 Å². The van der Waals surface area contributed by atoms with Gasteiger partial charge in [-0.1, -0.05) is 66.4 Å². The van der Waals surface area contributed by atoms with Crippen molar-refractivity contribution in [2.75, 3.05) is 27.9 Å². The molecule has 8 heteroatoms. The highest BCUT2D eigenvalue weighted by Crippen LogP contribution is 2.36. The number of hydrogen-bond acceptors (Lipinski definition) is 8. The molecule has 0 amide bonds. The van der Waals surface area contributed by atoms with Crippen LogP contribution in [-0.4, -0.2) is 51.7 Å². The van der Waals surface area contributed by atoms with Crippen molar-refractivity contribution in [3.05, 3.63) is 120 Å². The molecule has 0 aliphatic carbocycles. The van der Waals surface area contributed by atoms with Gasteiger partial charge < -0.3 is 33.2 Å². The lowest BCUT2D eigenvalue weighted by molar-refractivity contribution is -0.220. The fourth-order valence-electron chi connectivity index (χ4n) is 4.75. The number of methoxy groups -OCH3 is 3. The van der Waals surface area contributed by atoms with Gasteiger partial charge in [0.15, 0.2) is 0 Å². The fraction of sp³-hybridized carbons (Fsp3) is 0.314. The molecule has 0 spiro atoms. The summed E-state index contributed by atoms with van der Waals surface area (Å²) in [5.74, 6) is 2.41. The highest BCUT2D eigenvalue weighted by atomic mass is 32.2. The van der Waals surface area contributed by atoms with Crippen molar-refractivity contribution in [3.63, 3.8) is 0 Å². The zero-order chi connectivity index (χ0) is 29.9. The van der Waals surface area contributed by atoms with Gasteiger partial charge in [-0.05, 0) is 65.2 Å². The summed E-state index contributed by atoms with van der Waals surface area (Å²) in [6, 6.07) is 33.9. The molecule has 7 nitrogen and oxygen atoms in total. The Morgan fingerprint density at radius 3 is 1.47 bits per heavy atom. The lowest BCUT2D eigenvalue weighted by Crippen LogP contribution is -2.55. The molecule has 0 aromatic heterocycles. The molecule has 0 unspecified atom stereocenters. The van der Waals surface area contributed by atoms with Gasteiger partial charge in [-0.2, -0.15) is 0 Å². The molecule has 4 atom stereocenters. The average molecular weight is 603 g/mol. The first kappa shape index (κ1) is 30.9. The molecular weight excluding hydrogens is 564 g/mol. The van der Waals surface area contributed by atoms with Crippen LogP contribution in [0.25, 0.3) is 0 Å². The molecule has 1 saturated heterocycles. The maximum absolute atomic E-state index is 6.66. The lowest BCUT2D eigenvalue weighted by atomic mass is 10.0. The van der Waals surface area contributed by atoms with Crippen LogP contribution < -0.4 is 14.2 Å². The van der Waals surface area contributed by atoms with Crippen LogP contribution in [0.4, 0.5) is 0 Å². The Balaban J connectivity index is 1.38. The first-order chi connectivity index (χ1) is 21.1. The normalized spacial score (nSPS) is 20.0. The van der Waals surface area contributed by atoms with Gasteiger partial charge in [-0.3, -0.25) is 0 Å². The number of ether oxygens (including phenoxy) is 7. The molecule has 0 saturated carbocycles. The van der Waals surface area contributed by atoms with Gasteiger partial charge in [0, 0.05) is 4.90 Å². The van der Waals surface area contributed by atoms with Crippen LogP contribution in [0, 0.1) is 0 Å². The van der Waals surface area contributed by atoms with Crippen molar-refractivity contribution in [1.82, 2.24) is 0 Å². The van der Waals surface area contributed by atoms with Crippen molar-refractivity contribution >= 4 is 11.8 Å². The Kier molecular flexibility index (Phi) is 11.4. The van der Waals surface area contributed by atoms with E-state index in [4.69, 9.17) is 33.2 Å². The minimum absolute atomic E-state index is 0.303. The van der Waals surface area contributed by atoms with Gasteiger partial charge in [0.05, 0.1) is 47.8 Å². The van der Waals surface area contributed by atoms with Crippen LogP contribution in [0.2, 0.25) is 0 Å². The molecule has 0 N–H and O–H groups in total. The molecule has 1 aliphatic heterocycles. The van der Waals surface area contributed by atoms with Crippen LogP contribution in [0.3, 0.4) is 0 Å². The van der Waals surface area contributed by atoms with Crippen LogP contribution in [0.5, 0.6) is 17.2 Å². The SMILES string of the molecule is COc1ccc(CO[C@@H]2[C@@H](OCc3ccc(OC)cc3)[C@H](Sc3ccccc3)OC[C@@H]2OCc2ccc(OC)cc2)cc1. The van der Waals surface area contributed by atoms with Crippen molar-refractivity contribution in [2.45, 2.75) is 48.5 Å². The highest BCUT2D eigenvalue weighted by molar-refractivity contribution is 7.99. The first-order valence-electron chi connectivity index (χ1n) is 14.2. The standard InChI is InChI=1S/C35H38O7S/c1-36-28-15-9-25(10-16-28)21-39-32-24-42-35(43-31-7-5-4-6-8-31)34(41-23-27-13-19-30(38-3)20-14-27)33(32)40-22-26-11-17-29(37-2)18-12-26/h4-20,32-35H,21-24H2,1-3H3/t32-,33-,34+,35-/m0/s1. The summed E-state index contributed by atoms with van der Waals surface area (Å²) in [4.78, 5) is 1.09. The first-order valence-corrected chi connectivity index (χ1v) is 15.1. The Morgan fingerprint density at radius 2 is 1.00 bits per heavy atom. The fourth-order valence-corrected chi connectivity index (χ4v) is 5.85. The summed E-state index contributed by atoms with van der Waals surface area (Å²) >= 11 is 1.63. The molecule has 0 bridgehead atoms. The van der Waals surface area contributed by atoms with E-state index in [2.05, 4.69) is 12.1 Å². The molecule has 4 aromatic rings. The van der Waals surface area contributed by atoms with Crippen LogP contribution >= 0.6 is 11.8 Å². The lowest BCUT2D eigenvalue weighted by Gasteiger charge is -2.42. The minimum atomic E-state index is -0.417. The second kappa shape index (κ2) is 15.8. The second-order valence-corrected chi connectivity index (χ2v) is 11.2. The van der Waals surface area contributed by atoms with Gasteiger partial charge in [0.25, 0.3) is 0 Å². The van der Waals surface area contributed by atoms with Crippen LogP contribution in [0.1, 0.15) is 16.7 Å². The van der Waals surface area contributed by atoms with E-state index < -0.39 is 12.2 Å². The van der Waals surface area contributed by atoms with E-state index in [1.54, 1.807) is 33.1 Å². The summed E-state index contributed by atoms with van der Waals surface area (Å²) in [7, 11) is 4.98. The summed E-state index contributed by atoms with van der Waals surface area (Å²) < 4.78 is 42.2. The molecule has 5 rings (SSSR count). The van der Waals surface area contributed by atoms with E-state index in [0.29, 0.717) is 26.4 Å². The number of benzene rings is 4. The third-order valence-electron chi connectivity index (χ3n) is 7.20.